The smallest absolute Gasteiger partial charge is 0.225 e. The number of amides is 1. The Morgan fingerprint density at radius 2 is 2.30 bits per heavy atom. The van der Waals surface area contributed by atoms with Gasteiger partial charge in [-0.3, -0.25) is 4.79 Å². The molecule has 0 saturated carbocycles. The summed E-state index contributed by atoms with van der Waals surface area (Å²) in [5.41, 5.74) is 0.669. The fourth-order valence-electron chi connectivity index (χ4n) is 1.83. The van der Waals surface area contributed by atoms with Crippen molar-refractivity contribution in [2.45, 2.75) is 26.3 Å². The molecule has 1 atom stereocenters. The van der Waals surface area contributed by atoms with Crippen LogP contribution < -0.4 is 10.6 Å². The first-order valence-corrected chi connectivity index (χ1v) is 6.53. The molecule has 0 saturated heterocycles. The van der Waals surface area contributed by atoms with Crippen LogP contribution in [0.1, 0.15) is 20.3 Å². The second-order valence-corrected chi connectivity index (χ2v) is 4.46. The minimum absolute atomic E-state index is 0.0336. The maximum atomic E-state index is 11.8. The highest BCUT2D eigenvalue weighted by molar-refractivity contribution is 5.90. The molecule has 0 bridgehead atoms. The highest BCUT2D eigenvalue weighted by Gasteiger charge is 2.08. The molecule has 2 N–H and O–H groups in total. The summed E-state index contributed by atoms with van der Waals surface area (Å²) in [7, 11) is 0. The molecule has 0 aliphatic heterocycles. The number of anilines is 1. The van der Waals surface area contributed by atoms with Gasteiger partial charge in [0.15, 0.2) is 5.82 Å². The normalized spacial score (nSPS) is 12.1. The van der Waals surface area contributed by atoms with Crippen molar-refractivity contribution in [1.29, 1.82) is 0 Å². The first-order chi connectivity index (χ1) is 9.69. The minimum Gasteiger partial charge on any atom is -0.325 e. The highest BCUT2D eigenvalue weighted by Crippen LogP contribution is 2.09. The van der Waals surface area contributed by atoms with Crippen molar-refractivity contribution in [3.63, 3.8) is 0 Å². The van der Waals surface area contributed by atoms with Crippen molar-refractivity contribution < 1.29 is 4.79 Å². The molecule has 20 heavy (non-hydrogen) atoms. The second-order valence-electron chi connectivity index (χ2n) is 4.46. The predicted molar refractivity (Wildman–Crippen MR) is 75.5 cm³/mol. The molecule has 2 aromatic rings. The van der Waals surface area contributed by atoms with E-state index in [0.717, 1.165) is 6.54 Å². The quantitative estimate of drug-likeness (QED) is 0.820. The number of pyridine rings is 1. The zero-order valence-electron chi connectivity index (χ0n) is 11.6. The molecule has 0 aromatic carbocycles. The largest absolute Gasteiger partial charge is 0.325 e. The number of carbonyl (C=O) groups is 1. The van der Waals surface area contributed by atoms with Gasteiger partial charge in [-0.25, -0.2) is 14.6 Å². The molecular weight excluding hydrogens is 256 g/mol. The molecule has 2 heterocycles. The van der Waals surface area contributed by atoms with E-state index in [2.05, 4.69) is 25.7 Å². The molecule has 0 aliphatic rings. The van der Waals surface area contributed by atoms with Gasteiger partial charge in [-0.05, 0) is 25.6 Å². The zero-order valence-corrected chi connectivity index (χ0v) is 11.6. The van der Waals surface area contributed by atoms with E-state index in [9.17, 15) is 4.79 Å². The van der Waals surface area contributed by atoms with Gasteiger partial charge in [-0.15, -0.1) is 0 Å². The lowest BCUT2D eigenvalue weighted by atomic mass is 10.2. The van der Waals surface area contributed by atoms with Gasteiger partial charge in [0.2, 0.25) is 5.91 Å². The van der Waals surface area contributed by atoms with Crippen molar-refractivity contribution in [3.8, 4) is 5.82 Å². The summed E-state index contributed by atoms with van der Waals surface area (Å²) in [4.78, 5) is 19.9. The lowest BCUT2D eigenvalue weighted by Gasteiger charge is -2.12. The summed E-state index contributed by atoms with van der Waals surface area (Å²) in [5.74, 6) is 0.621. The first kappa shape index (κ1) is 14.1. The highest BCUT2D eigenvalue weighted by atomic mass is 16.1. The van der Waals surface area contributed by atoms with Gasteiger partial charge >= 0.3 is 0 Å². The van der Waals surface area contributed by atoms with Crippen LogP contribution in [0.25, 0.3) is 5.82 Å². The van der Waals surface area contributed by atoms with Gasteiger partial charge < -0.3 is 10.6 Å². The number of hydrogen-bond donors (Lipinski definition) is 2. The van der Waals surface area contributed by atoms with Crippen LogP contribution in [-0.2, 0) is 4.79 Å². The predicted octanol–water partition coefficient (Wildman–Crippen LogP) is 0.989. The van der Waals surface area contributed by atoms with Crippen molar-refractivity contribution >= 4 is 11.6 Å². The number of nitrogens with zero attached hydrogens (tertiary/aromatic N) is 4. The van der Waals surface area contributed by atoms with Gasteiger partial charge in [0.05, 0.1) is 11.9 Å². The van der Waals surface area contributed by atoms with E-state index < -0.39 is 0 Å². The first-order valence-electron chi connectivity index (χ1n) is 6.53. The van der Waals surface area contributed by atoms with Crippen LogP contribution in [0, 0.1) is 0 Å². The van der Waals surface area contributed by atoms with Gasteiger partial charge in [-0.2, -0.15) is 5.10 Å². The van der Waals surface area contributed by atoms with Crippen molar-refractivity contribution in [2.75, 3.05) is 11.9 Å². The Hall–Kier alpha value is -2.28. The van der Waals surface area contributed by atoms with Crippen LogP contribution in [0.3, 0.4) is 0 Å². The third kappa shape index (κ3) is 3.86. The SMILES string of the molecule is CCNC(C)CC(=O)Nc1ccc(-n2cncn2)nc1. The minimum atomic E-state index is -0.0336. The summed E-state index contributed by atoms with van der Waals surface area (Å²) in [6.07, 6.45) is 5.05. The standard InChI is InChI=1S/C13H18N6O/c1-3-15-10(2)6-13(20)18-11-4-5-12(16-7-11)19-9-14-8-17-19/h4-5,7-10,15H,3,6H2,1-2H3,(H,18,20). The third-order valence-corrected chi connectivity index (χ3v) is 2.73. The molecule has 106 valence electrons. The summed E-state index contributed by atoms with van der Waals surface area (Å²) in [6.45, 7) is 4.85. The molecule has 1 unspecified atom stereocenters. The van der Waals surface area contributed by atoms with E-state index in [-0.39, 0.29) is 11.9 Å². The summed E-state index contributed by atoms with van der Waals surface area (Å²) in [6, 6.07) is 3.72. The maximum Gasteiger partial charge on any atom is 0.225 e. The van der Waals surface area contributed by atoms with Gasteiger partial charge in [0.1, 0.15) is 12.7 Å². The lowest BCUT2D eigenvalue weighted by molar-refractivity contribution is -0.116. The summed E-state index contributed by atoms with van der Waals surface area (Å²) in [5, 5.41) is 10.00. The Balaban J connectivity index is 1.92. The second kappa shape index (κ2) is 6.76. The molecule has 1 amide bonds. The molecule has 2 aromatic heterocycles. The number of carbonyl (C=O) groups excluding carboxylic acids is 1. The zero-order chi connectivity index (χ0) is 14.4. The maximum absolute atomic E-state index is 11.8. The topological polar surface area (TPSA) is 84.7 Å². The Bertz CT molecular complexity index is 536. The third-order valence-electron chi connectivity index (χ3n) is 2.73. The average molecular weight is 274 g/mol. The Labute approximate surface area is 117 Å². The lowest BCUT2D eigenvalue weighted by Crippen LogP contribution is -2.30. The van der Waals surface area contributed by atoms with E-state index in [1.54, 1.807) is 29.3 Å². The molecule has 7 nitrogen and oxygen atoms in total. The molecule has 0 spiro atoms. The Morgan fingerprint density at radius 3 is 2.90 bits per heavy atom. The molecule has 0 fully saturated rings. The fourth-order valence-corrected chi connectivity index (χ4v) is 1.83. The average Bonchev–Trinajstić information content (AvgIpc) is 2.93. The van der Waals surface area contributed by atoms with E-state index in [0.29, 0.717) is 17.9 Å². The van der Waals surface area contributed by atoms with Crippen LogP contribution in [-0.4, -0.2) is 38.2 Å². The van der Waals surface area contributed by atoms with Gasteiger partial charge in [-0.1, -0.05) is 6.92 Å². The van der Waals surface area contributed by atoms with Gasteiger partial charge in [0.25, 0.3) is 0 Å². The van der Waals surface area contributed by atoms with E-state index >= 15 is 0 Å². The monoisotopic (exact) mass is 274 g/mol. The number of aromatic nitrogens is 4. The summed E-state index contributed by atoms with van der Waals surface area (Å²) < 4.78 is 1.55. The van der Waals surface area contributed by atoms with Crippen molar-refractivity contribution in [1.82, 2.24) is 25.1 Å². The number of hydrogen-bond acceptors (Lipinski definition) is 5. The molecule has 0 radical (unpaired) electrons. The molecule has 0 aliphatic carbocycles. The molecule has 7 heteroatoms. The summed E-state index contributed by atoms with van der Waals surface area (Å²) >= 11 is 0. The van der Waals surface area contributed by atoms with Crippen LogP contribution in [0.4, 0.5) is 5.69 Å². The van der Waals surface area contributed by atoms with Crippen LogP contribution >= 0.6 is 0 Å². The number of rotatable bonds is 6. The van der Waals surface area contributed by atoms with E-state index in [4.69, 9.17) is 0 Å². The van der Waals surface area contributed by atoms with Crippen molar-refractivity contribution in [3.05, 3.63) is 31.0 Å². The molecule has 2 rings (SSSR count). The fraction of sp³-hybridized carbons (Fsp3) is 0.385. The number of nitrogens with one attached hydrogen (secondary N) is 2. The van der Waals surface area contributed by atoms with Crippen LogP contribution in [0.2, 0.25) is 0 Å². The van der Waals surface area contributed by atoms with Crippen LogP contribution in [0.15, 0.2) is 31.0 Å². The Kier molecular flexibility index (Phi) is 4.78. The van der Waals surface area contributed by atoms with Gasteiger partial charge in [0, 0.05) is 12.5 Å². The Morgan fingerprint density at radius 1 is 1.45 bits per heavy atom. The van der Waals surface area contributed by atoms with Crippen LogP contribution in [0.5, 0.6) is 0 Å². The van der Waals surface area contributed by atoms with E-state index in [1.165, 1.54) is 6.33 Å². The van der Waals surface area contributed by atoms with E-state index in [1.807, 2.05) is 13.8 Å². The van der Waals surface area contributed by atoms with Crippen molar-refractivity contribution in [2.24, 2.45) is 0 Å². The molecular formula is C13H18N6O.